The van der Waals surface area contributed by atoms with Gasteiger partial charge in [0.1, 0.15) is 5.75 Å². The van der Waals surface area contributed by atoms with Crippen molar-refractivity contribution in [3.05, 3.63) is 54.6 Å². The molecule has 2 rings (SSSR count). The summed E-state index contributed by atoms with van der Waals surface area (Å²) in [6.07, 6.45) is 0. The second kappa shape index (κ2) is 5.62. The van der Waals surface area contributed by atoms with Gasteiger partial charge in [0.2, 0.25) is 0 Å². The van der Waals surface area contributed by atoms with Crippen LogP contribution in [0.25, 0.3) is 0 Å². The van der Waals surface area contributed by atoms with E-state index in [9.17, 15) is 18.3 Å². The predicted octanol–water partition coefficient (Wildman–Crippen LogP) is 1.90. The van der Waals surface area contributed by atoms with Crippen LogP contribution in [0, 0.1) is 0 Å². The fourth-order valence-electron chi connectivity index (χ4n) is 1.52. The molecular weight excluding hydrogens is 280 g/mol. The molecule has 0 atom stereocenters. The van der Waals surface area contributed by atoms with E-state index in [-0.39, 0.29) is 16.3 Å². The normalized spacial score (nSPS) is 10.8. The number of anilines is 1. The molecule has 0 aliphatic carbocycles. The summed E-state index contributed by atoms with van der Waals surface area (Å²) >= 11 is 0. The first kappa shape index (κ1) is 13.9. The fourth-order valence-corrected chi connectivity index (χ4v) is 2.45. The van der Waals surface area contributed by atoms with E-state index in [0.29, 0.717) is 0 Å². The highest BCUT2D eigenvalue weighted by Crippen LogP contribution is 2.15. The van der Waals surface area contributed by atoms with E-state index in [2.05, 4.69) is 5.32 Å². The summed E-state index contributed by atoms with van der Waals surface area (Å²) in [5.74, 6) is -0.0336. The smallest absolute Gasteiger partial charge is 0.333 e. The molecule has 0 heterocycles. The van der Waals surface area contributed by atoms with E-state index in [1.807, 2.05) is 4.72 Å². The van der Waals surface area contributed by atoms with Gasteiger partial charge in [0.25, 0.3) is 10.0 Å². The minimum absolute atomic E-state index is 0.00828. The number of benzene rings is 2. The molecule has 0 saturated carbocycles. The van der Waals surface area contributed by atoms with E-state index in [1.54, 1.807) is 18.2 Å². The molecule has 2 aromatic rings. The van der Waals surface area contributed by atoms with Gasteiger partial charge in [-0.05, 0) is 24.3 Å². The number of carbonyl (C=O) groups excluding carboxylic acids is 1. The van der Waals surface area contributed by atoms with Crippen molar-refractivity contribution < 1.29 is 18.3 Å². The number of urea groups is 1. The molecule has 0 aromatic heterocycles. The average molecular weight is 292 g/mol. The van der Waals surface area contributed by atoms with E-state index in [4.69, 9.17) is 0 Å². The highest BCUT2D eigenvalue weighted by Gasteiger charge is 2.16. The van der Waals surface area contributed by atoms with Crippen LogP contribution in [0.2, 0.25) is 0 Å². The van der Waals surface area contributed by atoms with E-state index < -0.39 is 16.1 Å². The molecule has 2 aromatic carbocycles. The number of nitrogens with one attached hydrogen (secondary N) is 2. The molecule has 7 heteroatoms. The van der Waals surface area contributed by atoms with Crippen LogP contribution in [0.3, 0.4) is 0 Å². The highest BCUT2D eigenvalue weighted by molar-refractivity contribution is 7.90. The second-order valence-corrected chi connectivity index (χ2v) is 5.61. The molecule has 20 heavy (non-hydrogen) atoms. The molecule has 0 spiro atoms. The van der Waals surface area contributed by atoms with Gasteiger partial charge in [0.15, 0.2) is 0 Å². The van der Waals surface area contributed by atoms with Crippen molar-refractivity contribution >= 4 is 21.7 Å². The molecule has 0 fully saturated rings. The molecule has 104 valence electrons. The van der Waals surface area contributed by atoms with Gasteiger partial charge in [0, 0.05) is 11.8 Å². The van der Waals surface area contributed by atoms with Crippen LogP contribution in [0.1, 0.15) is 0 Å². The van der Waals surface area contributed by atoms with Crippen molar-refractivity contribution in [2.45, 2.75) is 4.90 Å². The average Bonchev–Trinajstić information content (AvgIpc) is 2.39. The molecule has 0 unspecified atom stereocenters. The molecule has 0 saturated heterocycles. The lowest BCUT2D eigenvalue weighted by atomic mass is 10.3. The monoisotopic (exact) mass is 292 g/mol. The number of phenolic OH excluding ortho intramolecular Hbond substituents is 1. The zero-order chi connectivity index (χ0) is 14.6. The number of aromatic hydroxyl groups is 1. The van der Waals surface area contributed by atoms with Crippen LogP contribution in [0.15, 0.2) is 59.5 Å². The number of phenols is 1. The summed E-state index contributed by atoms with van der Waals surface area (Å²) in [5.41, 5.74) is 0.283. The largest absolute Gasteiger partial charge is 0.508 e. The maximum atomic E-state index is 11.9. The molecular formula is C13H12N2O4S. The fraction of sp³-hybridized carbons (Fsp3) is 0. The highest BCUT2D eigenvalue weighted by atomic mass is 32.2. The summed E-state index contributed by atoms with van der Waals surface area (Å²) < 4.78 is 25.6. The molecule has 0 aliphatic heterocycles. The van der Waals surface area contributed by atoms with Gasteiger partial charge in [-0.15, -0.1) is 0 Å². The zero-order valence-electron chi connectivity index (χ0n) is 10.3. The third kappa shape index (κ3) is 3.48. The standard InChI is InChI=1S/C13H12N2O4S/c16-11-6-4-5-10(9-11)14-13(17)15-20(18,19)12-7-2-1-3-8-12/h1-9,16H,(H2,14,15,17). The minimum atomic E-state index is -3.91. The van der Waals surface area contributed by atoms with Crippen LogP contribution < -0.4 is 10.0 Å². The Bertz CT molecular complexity index is 714. The van der Waals surface area contributed by atoms with Crippen molar-refractivity contribution in [2.24, 2.45) is 0 Å². The Hall–Kier alpha value is -2.54. The third-order valence-electron chi connectivity index (χ3n) is 2.38. The number of rotatable bonds is 3. The summed E-state index contributed by atoms with van der Waals surface area (Å²) in [6, 6.07) is 12.4. The number of sulfonamides is 1. The SMILES string of the molecule is O=C(Nc1cccc(O)c1)NS(=O)(=O)c1ccccc1. The van der Waals surface area contributed by atoms with E-state index in [0.717, 1.165) is 0 Å². The first-order valence-electron chi connectivity index (χ1n) is 5.65. The molecule has 2 amide bonds. The van der Waals surface area contributed by atoms with E-state index >= 15 is 0 Å². The number of hydrogen-bond donors (Lipinski definition) is 3. The lowest BCUT2D eigenvalue weighted by Gasteiger charge is -2.08. The van der Waals surface area contributed by atoms with Gasteiger partial charge in [-0.25, -0.2) is 17.9 Å². The molecule has 0 aliphatic rings. The number of amides is 2. The van der Waals surface area contributed by atoms with Crippen LogP contribution >= 0.6 is 0 Å². The van der Waals surface area contributed by atoms with Crippen LogP contribution in [-0.2, 0) is 10.0 Å². The Kier molecular flexibility index (Phi) is 3.90. The van der Waals surface area contributed by atoms with Gasteiger partial charge in [-0.1, -0.05) is 24.3 Å². The topological polar surface area (TPSA) is 95.5 Å². The number of hydrogen-bond acceptors (Lipinski definition) is 4. The van der Waals surface area contributed by atoms with Crippen LogP contribution in [0.4, 0.5) is 10.5 Å². The summed E-state index contributed by atoms with van der Waals surface area (Å²) in [6.45, 7) is 0. The van der Waals surface area contributed by atoms with Crippen molar-refractivity contribution in [3.63, 3.8) is 0 Å². The second-order valence-electron chi connectivity index (χ2n) is 3.92. The molecule has 0 bridgehead atoms. The zero-order valence-corrected chi connectivity index (χ0v) is 11.1. The lowest BCUT2D eigenvalue weighted by Crippen LogP contribution is -2.34. The molecule has 0 radical (unpaired) electrons. The molecule has 6 nitrogen and oxygen atoms in total. The predicted molar refractivity (Wildman–Crippen MR) is 73.9 cm³/mol. The minimum Gasteiger partial charge on any atom is -0.508 e. The van der Waals surface area contributed by atoms with Gasteiger partial charge >= 0.3 is 6.03 Å². The number of carbonyl (C=O) groups is 1. The molecule has 3 N–H and O–H groups in total. The van der Waals surface area contributed by atoms with Crippen LogP contribution in [0.5, 0.6) is 5.75 Å². The quantitative estimate of drug-likeness (QED) is 0.805. The maximum absolute atomic E-state index is 11.9. The lowest BCUT2D eigenvalue weighted by molar-refractivity contribution is 0.256. The van der Waals surface area contributed by atoms with Gasteiger partial charge in [-0.3, -0.25) is 0 Å². The summed E-state index contributed by atoms with van der Waals surface area (Å²) in [7, 11) is -3.91. The van der Waals surface area contributed by atoms with Crippen molar-refractivity contribution in [1.29, 1.82) is 0 Å². The van der Waals surface area contributed by atoms with Crippen molar-refractivity contribution in [2.75, 3.05) is 5.32 Å². The van der Waals surface area contributed by atoms with Gasteiger partial charge < -0.3 is 10.4 Å². The van der Waals surface area contributed by atoms with Crippen molar-refractivity contribution in [1.82, 2.24) is 4.72 Å². The Labute approximate surface area is 116 Å². The first-order chi connectivity index (χ1) is 9.47. The van der Waals surface area contributed by atoms with E-state index in [1.165, 1.54) is 36.4 Å². The van der Waals surface area contributed by atoms with Crippen LogP contribution in [-0.4, -0.2) is 19.6 Å². The Morgan fingerprint density at radius 1 is 1.00 bits per heavy atom. The Morgan fingerprint density at radius 3 is 2.35 bits per heavy atom. The maximum Gasteiger partial charge on any atom is 0.333 e. The van der Waals surface area contributed by atoms with Crippen molar-refractivity contribution in [3.8, 4) is 5.75 Å². The third-order valence-corrected chi connectivity index (χ3v) is 3.73. The van der Waals surface area contributed by atoms with Gasteiger partial charge in [0.05, 0.1) is 4.90 Å². The van der Waals surface area contributed by atoms with Gasteiger partial charge in [-0.2, -0.15) is 0 Å². The summed E-state index contributed by atoms with van der Waals surface area (Å²) in [5, 5.41) is 11.6. The summed E-state index contributed by atoms with van der Waals surface area (Å²) in [4.78, 5) is 11.6. The Morgan fingerprint density at radius 2 is 1.70 bits per heavy atom. The Balaban J connectivity index is 2.09. The first-order valence-corrected chi connectivity index (χ1v) is 7.13.